The number of nitrogens with zero attached hydrogens (tertiary/aromatic N) is 1. The van der Waals surface area contributed by atoms with E-state index in [4.69, 9.17) is 15.4 Å². The predicted molar refractivity (Wildman–Crippen MR) is 159 cm³/mol. The van der Waals surface area contributed by atoms with Crippen LogP contribution < -0.4 is 0 Å². The van der Waals surface area contributed by atoms with Gasteiger partial charge in [0, 0.05) is 27.2 Å². The number of benzene rings is 6. The number of hydrogen-bond donors (Lipinski definition) is 0. The van der Waals surface area contributed by atoms with Gasteiger partial charge in [0.25, 0.3) is 0 Å². The first-order chi connectivity index (χ1) is 22.2. The van der Waals surface area contributed by atoms with Crippen LogP contribution in [0.4, 0.5) is 0 Å². The number of para-hydroxylation sites is 3. The van der Waals surface area contributed by atoms with E-state index >= 15 is 0 Å². The Morgan fingerprint density at radius 2 is 1.08 bits per heavy atom. The van der Waals surface area contributed by atoms with Crippen LogP contribution in [0.15, 0.2) is 144 Å². The Hall–Kier alpha value is -5.08. The summed E-state index contributed by atoms with van der Waals surface area (Å²) in [5.41, 5.74) is 6.34. The standard InChI is InChI=1S/C36H23NO/c1-4-13-33-29(10-1)30-11-2-5-14-34(30)37(33)28-19-16-24(17-20-28)25-8-7-9-26(22-25)27-18-21-36-32(23-27)31-12-3-6-15-35(31)38-36/h1-23H/i1D,2D,4D,5D,10D,11D,13D,14D. The number of aromatic nitrogens is 1. The second kappa shape index (κ2) is 8.22. The summed E-state index contributed by atoms with van der Waals surface area (Å²) < 4.78 is 75.4. The van der Waals surface area contributed by atoms with E-state index in [1.54, 1.807) is 12.1 Å². The summed E-state index contributed by atoms with van der Waals surface area (Å²) in [6, 6.07) is 26.6. The molecule has 0 saturated heterocycles. The van der Waals surface area contributed by atoms with E-state index in [9.17, 15) is 0 Å². The second-order valence-corrected chi connectivity index (χ2v) is 9.22. The van der Waals surface area contributed by atoms with Gasteiger partial charge in [-0.15, -0.1) is 0 Å². The third-order valence-corrected chi connectivity index (χ3v) is 7.06. The lowest BCUT2D eigenvalue weighted by molar-refractivity contribution is 0.669. The third-order valence-electron chi connectivity index (χ3n) is 7.06. The van der Waals surface area contributed by atoms with Crippen LogP contribution in [0.3, 0.4) is 0 Å². The zero-order valence-corrected chi connectivity index (χ0v) is 20.0. The molecule has 0 aliphatic heterocycles. The van der Waals surface area contributed by atoms with Crippen molar-refractivity contribution in [3.8, 4) is 27.9 Å². The molecule has 0 N–H and O–H groups in total. The zero-order valence-electron chi connectivity index (χ0n) is 28.0. The average Bonchev–Trinajstić information content (AvgIpc) is 3.64. The molecule has 2 aromatic heterocycles. The molecule has 0 radical (unpaired) electrons. The van der Waals surface area contributed by atoms with Gasteiger partial charge in [0.15, 0.2) is 0 Å². The Kier molecular flexibility index (Phi) is 3.16. The molecule has 8 rings (SSSR count). The third kappa shape index (κ3) is 3.21. The number of rotatable bonds is 3. The Morgan fingerprint density at radius 1 is 0.474 bits per heavy atom. The van der Waals surface area contributed by atoms with Gasteiger partial charge in [0.1, 0.15) is 11.2 Å². The lowest BCUT2D eigenvalue weighted by Crippen LogP contribution is -1.93. The molecule has 0 aliphatic rings. The predicted octanol–water partition coefficient (Wildman–Crippen LogP) is 10.0. The van der Waals surface area contributed by atoms with Crippen molar-refractivity contribution in [1.29, 1.82) is 0 Å². The average molecular weight is 494 g/mol. The lowest BCUT2D eigenvalue weighted by Gasteiger charge is -2.10. The highest BCUT2D eigenvalue weighted by molar-refractivity contribution is 6.09. The fourth-order valence-corrected chi connectivity index (χ4v) is 5.27. The van der Waals surface area contributed by atoms with Gasteiger partial charge in [0.2, 0.25) is 0 Å². The van der Waals surface area contributed by atoms with E-state index < -0.39 is 24.2 Å². The lowest BCUT2D eigenvalue weighted by atomic mass is 9.98. The molecule has 2 nitrogen and oxygen atoms in total. The molecule has 0 bridgehead atoms. The molecule has 38 heavy (non-hydrogen) atoms. The van der Waals surface area contributed by atoms with Crippen LogP contribution in [-0.4, -0.2) is 4.57 Å². The summed E-state index contributed by atoms with van der Waals surface area (Å²) in [5.74, 6) is 0. The molecule has 2 heteroatoms. The summed E-state index contributed by atoms with van der Waals surface area (Å²) in [5, 5.41) is 2.23. The van der Waals surface area contributed by atoms with Gasteiger partial charge in [0.05, 0.1) is 22.0 Å². The molecule has 0 aliphatic carbocycles. The molecule has 0 spiro atoms. The van der Waals surface area contributed by atoms with Crippen LogP contribution in [0.2, 0.25) is 0 Å². The molecule has 8 aromatic rings. The Balaban J connectivity index is 1.28. The highest BCUT2D eigenvalue weighted by Gasteiger charge is 2.12. The van der Waals surface area contributed by atoms with Gasteiger partial charge in [-0.05, 0) is 70.7 Å². The van der Waals surface area contributed by atoms with Crippen molar-refractivity contribution in [1.82, 2.24) is 4.57 Å². The fourth-order valence-electron chi connectivity index (χ4n) is 5.27. The van der Waals surface area contributed by atoms with Gasteiger partial charge in [-0.25, -0.2) is 0 Å². The highest BCUT2D eigenvalue weighted by Crippen LogP contribution is 2.35. The Labute approximate surface area is 231 Å². The molecular formula is C36H23NO. The van der Waals surface area contributed by atoms with Crippen molar-refractivity contribution < 1.29 is 15.4 Å². The van der Waals surface area contributed by atoms with Crippen molar-refractivity contribution in [3.63, 3.8) is 0 Å². The maximum Gasteiger partial charge on any atom is 0.135 e. The fraction of sp³-hybridized carbons (Fsp3) is 0. The maximum absolute atomic E-state index is 8.73. The quantitative estimate of drug-likeness (QED) is 0.239. The molecule has 2 heterocycles. The van der Waals surface area contributed by atoms with Gasteiger partial charge in [-0.2, -0.15) is 0 Å². The first-order valence-corrected chi connectivity index (χ1v) is 12.3. The molecule has 0 atom stereocenters. The smallest absolute Gasteiger partial charge is 0.135 e. The van der Waals surface area contributed by atoms with Crippen molar-refractivity contribution in [3.05, 3.63) is 139 Å². The normalized spacial score (nSPS) is 14.6. The maximum atomic E-state index is 8.73. The molecule has 0 saturated carbocycles. The molecule has 0 unspecified atom stereocenters. The summed E-state index contributed by atoms with van der Waals surface area (Å²) >= 11 is 0. The Morgan fingerprint density at radius 3 is 1.84 bits per heavy atom. The zero-order chi connectivity index (χ0) is 32.0. The molecule has 6 aromatic carbocycles. The van der Waals surface area contributed by atoms with Gasteiger partial charge in [-0.3, -0.25) is 0 Å². The minimum atomic E-state index is -0.459. The molecular weight excluding hydrogens is 462 g/mol. The van der Waals surface area contributed by atoms with Gasteiger partial charge in [-0.1, -0.05) is 90.9 Å². The SMILES string of the molecule is [2H]c1c([2H])c([2H])c2c(c1[2H])c1c([2H])c([2H])c([2H])c([2H])c1n2-c1ccc(-c2cccc(-c3ccc4oc5ccccc5c4c3)c2)cc1. The summed E-state index contributed by atoms with van der Waals surface area (Å²) in [6.45, 7) is 0. The second-order valence-electron chi connectivity index (χ2n) is 9.22. The van der Waals surface area contributed by atoms with E-state index in [2.05, 4.69) is 24.3 Å². The molecule has 0 amide bonds. The van der Waals surface area contributed by atoms with Crippen molar-refractivity contribution in [2.45, 2.75) is 0 Å². The van der Waals surface area contributed by atoms with E-state index in [1.807, 2.05) is 54.6 Å². The van der Waals surface area contributed by atoms with Gasteiger partial charge < -0.3 is 8.98 Å². The van der Waals surface area contributed by atoms with E-state index in [1.165, 1.54) is 4.57 Å². The summed E-state index contributed by atoms with van der Waals surface area (Å²) in [6.07, 6.45) is 0. The van der Waals surface area contributed by atoms with Crippen LogP contribution in [0.25, 0.3) is 71.7 Å². The first-order valence-electron chi connectivity index (χ1n) is 16.3. The number of furan rings is 1. The van der Waals surface area contributed by atoms with Gasteiger partial charge >= 0.3 is 0 Å². The summed E-state index contributed by atoms with van der Waals surface area (Å²) in [7, 11) is 0. The van der Waals surface area contributed by atoms with Crippen molar-refractivity contribution >= 4 is 43.7 Å². The van der Waals surface area contributed by atoms with Crippen LogP contribution in [0.1, 0.15) is 11.0 Å². The monoisotopic (exact) mass is 493 g/mol. The van der Waals surface area contributed by atoms with Crippen LogP contribution >= 0.6 is 0 Å². The topological polar surface area (TPSA) is 18.1 Å². The first kappa shape index (κ1) is 14.6. The minimum Gasteiger partial charge on any atom is -0.456 e. The highest BCUT2D eigenvalue weighted by atomic mass is 16.3. The number of fused-ring (bicyclic) bond motifs is 6. The van der Waals surface area contributed by atoms with Crippen LogP contribution in [0.5, 0.6) is 0 Å². The van der Waals surface area contributed by atoms with E-state index in [0.29, 0.717) is 5.69 Å². The molecule has 178 valence electrons. The minimum absolute atomic E-state index is 0.0622. The molecule has 0 fully saturated rings. The number of hydrogen-bond acceptors (Lipinski definition) is 1. The summed E-state index contributed by atoms with van der Waals surface area (Å²) in [4.78, 5) is 0. The van der Waals surface area contributed by atoms with Crippen molar-refractivity contribution in [2.75, 3.05) is 0 Å². The van der Waals surface area contributed by atoms with Crippen LogP contribution in [0, 0.1) is 0 Å². The van der Waals surface area contributed by atoms with E-state index in [0.717, 1.165) is 44.2 Å². The van der Waals surface area contributed by atoms with Crippen LogP contribution in [-0.2, 0) is 0 Å². The van der Waals surface area contributed by atoms with E-state index in [-0.39, 0.29) is 46.0 Å². The Bertz CT molecular complexity index is 2490. The largest absolute Gasteiger partial charge is 0.456 e. The van der Waals surface area contributed by atoms with Crippen molar-refractivity contribution in [2.24, 2.45) is 0 Å².